The van der Waals surface area contributed by atoms with E-state index in [2.05, 4.69) is 64.6 Å². The molecule has 0 spiro atoms. The normalized spacial score (nSPS) is 28.9. The summed E-state index contributed by atoms with van der Waals surface area (Å²) in [7, 11) is 0. The van der Waals surface area contributed by atoms with Crippen LogP contribution in [-0.4, -0.2) is 27.6 Å². The van der Waals surface area contributed by atoms with E-state index in [4.69, 9.17) is 0 Å². The summed E-state index contributed by atoms with van der Waals surface area (Å²) in [6.07, 6.45) is 7.82. The average Bonchev–Trinajstić information content (AvgIpc) is 3.14. The second kappa shape index (κ2) is 6.81. The lowest BCUT2D eigenvalue weighted by Gasteiger charge is -2.52. The number of para-hydroxylation sites is 1. The molecule has 27 heavy (non-hydrogen) atoms. The maximum absolute atomic E-state index is 11.7. The molecule has 1 aromatic heterocycles. The van der Waals surface area contributed by atoms with Gasteiger partial charge in [0.05, 0.1) is 5.60 Å². The molecule has 2 fully saturated rings. The predicted molar refractivity (Wildman–Crippen MR) is 109 cm³/mol. The number of nitrogens with zero attached hydrogens (tertiary/aromatic N) is 1. The first-order chi connectivity index (χ1) is 13.3. The zero-order chi connectivity index (χ0) is 18.3. The van der Waals surface area contributed by atoms with Gasteiger partial charge in [0, 0.05) is 42.1 Å². The first-order valence-electron chi connectivity index (χ1n) is 10.3. The Morgan fingerprint density at radius 1 is 1.00 bits per heavy atom. The van der Waals surface area contributed by atoms with Crippen molar-refractivity contribution in [3.05, 3.63) is 71.9 Å². The molecule has 2 heterocycles. The maximum Gasteiger partial charge on any atom is 0.0951 e. The van der Waals surface area contributed by atoms with Crippen LogP contribution in [0.1, 0.15) is 43.2 Å². The van der Waals surface area contributed by atoms with Crippen LogP contribution < -0.4 is 0 Å². The van der Waals surface area contributed by atoms with Gasteiger partial charge >= 0.3 is 0 Å². The number of hydrogen-bond acceptors (Lipinski definition) is 2. The minimum Gasteiger partial charge on any atom is -0.385 e. The molecule has 140 valence electrons. The standard InChI is InChI=1S/C24H28N2O/c27-24(19-8-2-1-3-9-19)14-15-26(23-13-7-5-11-21(23)24)17-18-16-25-22-12-6-4-10-20(18)22/h1-4,6,8-10,12,16,21,23,25,27H,5,7,11,13-15,17H2. The Morgan fingerprint density at radius 3 is 2.67 bits per heavy atom. The van der Waals surface area contributed by atoms with Crippen molar-refractivity contribution in [2.75, 3.05) is 6.54 Å². The van der Waals surface area contributed by atoms with Gasteiger partial charge in [-0.25, -0.2) is 0 Å². The quantitative estimate of drug-likeness (QED) is 0.703. The number of rotatable bonds is 3. The van der Waals surface area contributed by atoms with Crippen LogP contribution in [0.4, 0.5) is 0 Å². The first-order valence-corrected chi connectivity index (χ1v) is 10.3. The largest absolute Gasteiger partial charge is 0.385 e. The molecule has 3 heteroatoms. The number of benzene rings is 2. The van der Waals surface area contributed by atoms with E-state index in [9.17, 15) is 5.11 Å². The number of fused-ring (bicyclic) bond motifs is 2. The zero-order valence-corrected chi connectivity index (χ0v) is 15.8. The zero-order valence-electron chi connectivity index (χ0n) is 15.8. The Morgan fingerprint density at radius 2 is 1.78 bits per heavy atom. The molecule has 3 nitrogen and oxygen atoms in total. The smallest absolute Gasteiger partial charge is 0.0951 e. The van der Waals surface area contributed by atoms with Crippen LogP contribution in [-0.2, 0) is 12.1 Å². The van der Waals surface area contributed by atoms with Crippen LogP contribution in [0.2, 0.25) is 0 Å². The molecule has 1 saturated carbocycles. The van der Waals surface area contributed by atoms with Crippen LogP contribution in [0.25, 0.3) is 10.9 Å². The highest BCUT2D eigenvalue weighted by Gasteiger charge is 2.48. The molecule has 1 aliphatic carbocycles. The average molecular weight is 361 g/mol. The molecule has 0 bridgehead atoms. The topological polar surface area (TPSA) is 39.3 Å². The Labute approximate surface area is 161 Å². The molecule has 2 N–H and O–H groups in total. The fourth-order valence-corrected chi connectivity index (χ4v) is 5.53. The maximum atomic E-state index is 11.7. The molecule has 1 aliphatic heterocycles. The van der Waals surface area contributed by atoms with Crippen molar-refractivity contribution in [1.82, 2.24) is 9.88 Å². The monoisotopic (exact) mass is 360 g/mol. The number of H-pyrrole nitrogens is 1. The second-order valence-corrected chi connectivity index (χ2v) is 8.33. The number of aromatic amines is 1. The van der Waals surface area contributed by atoms with Crippen LogP contribution in [0.5, 0.6) is 0 Å². The molecule has 2 aromatic carbocycles. The van der Waals surface area contributed by atoms with Gasteiger partial charge in [0.25, 0.3) is 0 Å². The molecule has 3 aromatic rings. The minimum atomic E-state index is -0.678. The lowest BCUT2D eigenvalue weighted by Crippen LogP contribution is -2.57. The van der Waals surface area contributed by atoms with Crippen molar-refractivity contribution >= 4 is 10.9 Å². The fourth-order valence-electron chi connectivity index (χ4n) is 5.53. The van der Waals surface area contributed by atoms with Crippen LogP contribution in [0.15, 0.2) is 60.8 Å². The fraction of sp³-hybridized carbons (Fsp3) is 0.417. The van der Waals surface area contributed by atoms with Gasteiger partial charge in [0.1, 0.15) is 0 Å². The van der Waals surface area contributed by atoms with Crippen molar-refractivity contribution < 1.29 is 5.11 Å². The summed E-state index contributed by atoms with van der Waals surface area (Å²) >= 11 is 0. The lowest BCUT2D eigenvalue weighted by molar-refractivity contribution is -0.122. The third kappa shape index (κ3) is 2.90. The van der Waals surface area contributed by atoms with Crippen molar-refractivity contribution in [1.29, 1.82) is 0 Å². The number of aromatic nitrogens is 1. The summed E-state index contributed by atoms with van der Waals surface area (Å²) in [5, 5.41) is 13.0. The van der Waals surface area contributed by atoms with Crippen molar-refractivity contribution in [2.45, 2.75) is 50.3 Å². The summed E-state index contributed by atoms with van der Waals surface area (Å²) < 4.78 is 0. The first kappa shape index (κ1) is 17.0. The van der Waals surface area contributed by atoms with Gasteiger partial charge < -0.3 is 10.1 Å². The van der Waals surface area contributed by atoms with Gasteiger partial charge in [0.2, 0.25) is 0 Å². The minimum absolute atomic E-state index is 0.326. The van der Waals surface area contributed by atoms with E-state index in [1.165, 1.54) is 35.7 Å². The number of hydrogen-bond donors (Lipinski definition) is 2. The van der Waals surface area contributed by atoms with Gasteiger partial charge in [-0.05, 0) is 36.5 Å². The Bertz CT molecular complexity index is 918. The third-order valence-electron chi connectivity index (χ3n) is 6.91. The predicted octanol–water partition coefficient (Wildman–Crippen LogP) is 4.82. The van der Waals surface area contributed by atoms with E-state index in [1.54, 1.807) is 0 Å². The molecule has 1 saturated heterocycles. The van der Waals surface area contributed by atoms with E-state index < -0.39 is 5.60 Å². The van der Waals surface area contributed by atoms with Gasteiger partial charge in [-0.2, -0.15) is 0 Å². The van der Waals surface area contributed by atoms with Gasteiger partial charge in [-0.3, -0.25) is 4.90 Å². The summed E-state index contributed by atoms with van der Waals surface area (Å²) in [6.45, 7) is 1.92. The summed E-state index contributed by atoms with van der Waals surface area (Å²) in [4.78, 5) is 6.05. The third-order valence-corrected chi connectivity index (χ3v) is 6.91. The molecule has 0 amide bonds. The van der Waals surface area contributed by atoms with Gasteiger partial charge in [0.15, 0.2) is 0 Å². The van der Waals surface area contributed by atoms with E-state index in [0.29, 0.717) is 12.0 Å². The second-order valence-electron chi connectivity index (χ2n) is 8.33. The highest BCUT2D eigenvalue weighted by atomic mass is 16.3. The number of aliphatic hydroxyl groups is 1. The van der Waals surface area contributed by atoms with Crippen LogP contribution in [0, 0.1) is 5.92 Å². The number of piperidine rings is 1. The molecule has 3 atom stereocenters. The summed E-state index contributed by atoms with van der Waals surface area (Å²) in [5.74, 6) is 0.326. The number of nitrogens with one attached hydrogen (secondary N) is 1. The summed E-state index contributed by atoms with van der Waals surface area (Å²) in [6, 6.07) is 19.4. The molecular weight excluding hydrogens is 332 g/mol. The summed E-state index contributed by atoms with van der Waals surface area (Å²) in [5.41, 5.74) is 3.02. The molecule has 3 unspecified atom stereocenters. The van der Waals surface area contributed by atoms with E-state index in [1.807, 2.05) is 6.07 Å². The highest BCUT2D eigenvalue weighted by Crippen LogP contribution is 2.47. The van der Waals surface area contributed by atoms with Crippen LogP contribution in [0.3, 0.4) is 0 Å². The number of likely N-dealkylation sites (tertiary alicyclic amines) is 1. The molecule has 2 aliphatic rings. The van der Waals surface area contributed by atoms with Crippen molar-refractivity contribution in [2.24, 2.45) is 5.92 Å². The highest BCUT2D eigenvalue weighted by molar-refractivity contribution is 5.82. The molecular formula is C24H28N2O. The van der Waals surface area contributed by atoms with Crippen molar-refractivity contribution in [3.63, 3.8) is 0 Å². The lowest BCUT2D eigenvalue weighted by atomic mass is 9.66. The Balaban J connectivity index is 1.45. The van der Waals surface area contributed by atoms with E-state index >= 15 is 0 Å². The van der Waals surface area contributed by atoms with Gasteiger partial charge in [-0.1, -0.05) is 61.4 Å². The Hall–Kier alpha value is -2.10. The van der Waals surface area contributed by atoms with E-state index in [0.717, 1.165) is 31.5 Å². The van der Waals surface area contributed by atoms with Gasteiger partial charge in [-0.15, -0.1) is 0 Å². The Kier molecular flexibility index (Phi) is 4.30. The van der Waals surface area contributed by atoms with Crippen molar-refractivity contribution in [3.8, 4) is 0 Å². The SMILES string of the molecule is OC1(c2ccccc2)CCN(Cc2c[nH]c3ccccc23)C2CCCCC21. The molecule has 5 rings (SSSR count). The van der Waals surface area contributed by atoms with E-state index in [-0.39, 0.29) is 0 Å². The molecule has 0 radical (unpaired) electrons. The van der Waals surface area contributed by atoms with Crippen LogP contribution >= 0.6 is 0 Å².